The molecule has 2 fully saturated rings. The summed E-state index contributed by atoms with van der Waals surface area (Å²) in [4.78, 5) is 53.3. The molecule has 2 amide bonds. The third-order valence-electron chi connectivity index (χ3n) is 11.5. The van der Waals surface area contributed by atoms with Crippen molar-refractivity contribution < 1.29 is 9.59 Å². The molecule has 7 aromatic rings. The van der Waals surface area contributed by atoms with E-state index in [4.69, 9.17) is 9.97 Å². The highest BCUT2D eigenvalue weighted by molar-refractivity contribution is 5.89. The van der Waals surface area contributed by atoms with E-state index in [1.54, 1.807) is 0 Å². The van der Waals surface area contributed by atoms with Crippen molar-refractivity contribution in [2.45, 2.75) is 50.2 Å². The third kappa shape index (κ3) is 6.81. The Kier molecular flexibility index (Phi) is 9.56. The fourth-order valence-corrected chi connectivity index (χ4v) is 8.65. The van der Waals surface area contributed by atoms with Crippen LogP contribution in [-0.2, 0) is 16.0 Å². The summed E-state index contributed by atoms with van der Waals surface area (Å²) in [5.41, 5.74) is 9.27. The van der Waals surface area contributed by atoms with Crippen LogP contribution in [0.25, 0.3) is 44.5 Å². The maximum absolute atomic E-state index is 13.9. The van der Waals surface area contributed by atoms with Crippen LogP contribution in [0.1, 0.15) is 66.6 Å². The van der Waals surface area contributed by atoms with Crippen LogP contribution in [0.4, 0.5) is 0 Å². The number of para-hydroxylation sites is 1. The molecule has 3 N–H and O–H groups in total. The zero-order valence-corrected chi connectivity index (χ0v) is 31.8. The van der Waals surface area contributed by atoms with Gasteiger partial charge in [0.25, 0.3) is 0 Å². The molecule has 56 heavy (non-hydrogen) atoms. The molecule has 2 saturated heterocycles. The maximum Gasteiger partial charge on any atom is 0.245 e. The number of aromatic nitrogens is 5. The van der Waals surface area contributed by atoms with Gasteiger partial charge in [0.2, 0.25) is 11.8 Å². The van der Waals surface area contributed by atoms with Gasteiger partial charge >= 0.3 is 0 Å². The SMILES string of the molecule is CN(C)[C@@H](C(=O)N1CCC[C@H]1c1ncc(-c2ccc(-c3ccc(-c4cnc([C@@H]5CCCN5C(=O)Cc5c[nH]c6ccccc56)[nH]4)cc3)cc2)[nH]1)c1ccccc1. The van der Waals surface area contributed by atoms with Crippen molar-refractivity contribution in [1.29, 1.82) is 0 Å². The van der Waals surface area contributed by atoms with Gasteiger partial charge in [0.05, 0.1) is 42.3 Å². The molecular formula is C46H46N8O2. The quantitative estimate of drug-likeness (QED) is 0.130. The number of fused-ring (bicyclic) bond motifs is 1. The number of imidazole rings is 2. The van der Waals surface area contributed by atoms with Gasteiger partial charge in [0.1, 0.15) is 17.7 Å². The van der Waals surface area contributed by atoms with E-state index >= 15 is 0 Å². The lowest BCUT2D eigenvalue weighted by molar-refractivity contribution is -0.137. The normalized spacial score (nSPS) is 17.6. The summed E-state index contributed by atoms with van der Waals surface area (Å²) >= 11 is 0. The first kappa shape index (κ1) is 35.4. The number of rotatable bonds is 10. The standard InChI is InChI=1S/C46H46N8O2/c1-52(2)43(34-10-4-3-5-11-34)46(56)54-25-9-15-41(54)45-49-29-39(51-45)33-22-18-31(19-23-33)30-16-20-32(21-17-30)38-28-48-44(50-38)40-14-8-24-53(40)42(55)26-35-27-47-37-13-7-6-12-36(35)37/h3-7,10-13,16-23,27-29,40-41,43,47H,8-9,14-15,24-26H2,1-2H3,(H,48,50)(H,49,51)/t40-,41-,43+/m0/s1. The molecule has 282 valence electrons. The number of likely N-dealkylation sites (tertiary alicyclic amines) is 2. The maximum atomic E-state index is 13.9. The van der Waals surface area contributed by atoms with Crippen LogP contribution >= 0.6 is 0 Å². The van der Waals surface area contributed by atoms with Crippen LogP contribution in [0.5, 0.6) is 0 Å². The first-order valence-electron chi connectivity index (χ1n) is 19.6. The van der Waals surface area contributed by atoms with Gasteiger partial charge in [-0.15, -0.1) is 0 Å². The van der Waals surface area contributed by atoms with Crippen molar-refractivity contribution in [2.75, 3.05) is 27.2 Å². The Bertz CT molecular complexity index is 2460. The van der Waals surface area contributed by atoms with Crippen LogP contribution < -0.4 is 0 Å². The number of benzene rings is 4. The molecule has 3 aromatic heterocycles. The number of nitrogens with one attached hydrogen (secondary N) is 3. The van der Waals surface area contributed by atoms with Crippen molar-refractivity contribution in [3.63, 3.8) is 0 Å². The number of likely N-dealkylation sites (N-methyl/N-ethyl adjacent to an activating group) is 1. The van der Waals surface area contributed by atoms with Gasteiger partial charge in [-0.1, -0.05) is 97.1 Å². The molecule has 0 spiro atoms. The van der Waals surface area contributed by atoms with E-state index in [2.05, 4.69) is 69.5 Å². The summed E-state index contributed by atoms with van der Waals surface area (Å²) in [5.74, 6) is 1.90. The molecule has 2 aliphatic rings. The predicted octanol–water partition coefficient (Wildman–Crippen LogP) is 8.49. The summed E-state index contributed by atoms with van der Waals surface area (Å²) in [5, 5.41) is 1.10. The van der Waals surface area contributed by atoms with E-state index in [0.717, 1.165) is 106 Å². The average molecular weight is 743 g/mol. The third-order valence-corrected chi connectivity index (χ3v) is 11.5. The van der Waals surface area contributed by atoms with E-state index in [1.807, 2.05) is 95.9 Å². The highest BCUT2D eigenvalue weighted by Crippen LogP contribution is 2.36. The summed E-state index contributed by atoms with van der Waals surface area (Å²) in [6, 6.07) is 34.6. The highest BCUT2D eigenvalue weighted by Gasteiger charge is 2.37. The molecule has 2 aliphatic heterocycles. The van der Waals surface area contributed by atoms with Crippen LogP contribution in [-0.4, -0.2) is 78.6 Å². The van der Waals surface area contributed by atoms with Crippen molar-refractivity contribution >= 4 is 22.7 Å². The zero-order chi connectivity index (χ0) is 38.2. The molecule has 9 rings (SSSR count). The molecule has 0 bridgehead atoms. The van der Waals surface area contributed by atoms with Gasteiger partial charge in [-0.05, 0) is 79.2 Å². The summed E-state index contributed by atoms with van der Waals surface area (Å²) in [6.07, 6.45) is 9.77. The van der Waals surface area contributed by atoms with Crippen LogP contribution in [0.3, 0.4) is 0 Å². The molecule has 0 radical (unpaired) electrons. The minimum Gasteiger partial charge on any atom is -0.361 e. The number of carbonyl (C=O) groups excluding carboxylic acids is 2. The number of carbonyl (C=O) groups is 2. The highest BCUT2D eigenvalue weighted by atomic mass is 16.2. The lowest BCUT2D eigenvalue weighted by Crippen LogP contribution is -2.40. The lowest BCUT2D eigenvalue weighted by Gasteiger charge is -2.31. The van der Waals surface area contributed by atoms with Crippen molar-refractivity contribution in [1.82, 2.24) is 39.6 Å². The summed E-state index contributed by atoms with van der Waals surface area (Å²) in [7, 11) is 3.92. The van der Waals surface area contributed by atoms with Gasteiger partial charge in [-0.2, -0.15) is 0 Å². The lowest BCUT2D eigenvalue weighted by atomic mass is 10.0. The molecule has 5 heterocycles. The van der Waals surface area contributed by atoms with Crippen molar-refractivity contribution in [2.24, 2.45) is 0 Å². The Hall–Kier alpha value is -6.26. The van der Waals surface area contributed by atoms with E-state index in [0.29, 0.717) is 6.42 Å². The Balaban J connectivity index is 0.851. The zero-order valence-electron chi connectivity index (χ0n) is 31.8. The van der Waals surface area contributed by atoms with E-state index < -0.39 is 0 Å². The minimum atomic E-state index is -0.341. The summed E-state index contributed by atoms with van der Waals surface area (Å²) < 4.78 is 0. The topological polar surface area (TPSA) is 117 Å². The molecule has 3 atom stereocenters. The van der Waals surface area contributed by atoms with Crippen LogP contribution in [0.15, 0.2) is 122 Å². The van der Waals surface area contributed by atoms with Gasteiger partial charge in [-0.25, -0.2) is 9.97 Å². The first-order valence-corrected chi connectivity index (χ1v) is 19.6. The predicted molar refractivity (Wildman–Crippen MR) is 219 cm³/mol. The smallest absolute Gasteiger partial charge is 0.245 e. The first-order chi connectivity index (χ1) is 27.4. The average Bonchev–Trinajstić information content (AvgIpc) is 4.08. The Morgan fingerprint density at radius 1 is 0.696 bits per heavy atom. The van der Waals surface area contributed by atoms with Crippen molar-refractivity contribution in [3.05, 3.63) is 144 Å². The van der Waals surface area contributed by atoms with Crippen LogP contribution in [0, 0.1) is 0 Å². The molecule has 0 saturated carbocycles. The van der Waals surface area contributed by atoms with Gasteiger partial charge < -0.3 is 24.8 Å². The molecule has 0 aliphatic carbocycles. The summed E-state index contributed by atoms with van der Waals surface area (Å²) in [6.45, 7) is 1.46. The second kappa shape index (κ2) is 15.1. The van der Waals surface area contributed by atoms with E-state index in [1.165, 1.54) is 0 Å². The van der Waals surface area contributed by atoms with E-state index in [-0.39, 0.29) is 29.9 Å². The molecular weight excluding hydrogens is 697 g/mol. The molecule has 0 unspecified atom stereocenters. The fraction of sp³-hybridized carbons (Fsp3) is 0.261. The largest absolute Gasteiger partial charge is 0.361 e. The minimum absolute atomic E-state index is 0.0557. The monoisotopic (exact) mass is 742 g/mol. The molecule has 10 nitrogen and oxygen atoms in total. The van der Waals surface area contributed by atoms with Gasteiger partial charge in [0, 0.05) is 30.2 Å². The molecule has 4 aromatic carbocycles. The van der Waals surface area contributed by atoms with Crippen molar-refractivity contribution in [3.8, 4) is 33.6 Å². The Morgan fingerprint density at radius 2 is 1.23 bits per heavy atom. The second-order valence-electron chi connectivity index (χ2n) is 15.3. The number of hydrogen-bond acceptors (Lipinski definition) is 5. The second-order valence-corrected chi connectivity index (χ2v) is 15.3. The van der Waals surface area contributed by atoms with Gasteiger partial charge in [0.15, 0.2) is 0 Å². The molecule has 10 heteroatoms. The number of hydrogen-bond donors (Lipinski definition) is 3. The van der Waals surface area contributed by atoms with Crippen LogP contribution in [0.2, 0.25) is 0 Å². The Labute approximate surface area is 326 Å². The fourth-order valence-electron chi connectivity index (χ4n) is 8.65. The Morgan fingerprint density at radius 3 is 1.84 bits per heavy atom. The number of aromatic amines is 3. The number of amides is 2. The number of nitrogens with zero attached hydrogens (tertiary/aromatic N) is 5. The number of H-pyrrole nitrogens is 3. The van der Waals surface area contributed by atoms with E-state index in [9.17, 15) is 9.59 Å². The van der Waals surface area contributed by atoms with Gasteiger partial charge in [-0.3, -0.25) is 14.5 Å².